The van der Waals surface area contributed by atoms with Gasteiger partial charge in [-0.25, -0.2) is 4.79 Å². The highest BCUT2D eigenvalue weighted by Gasteiger charge is 2.57. The monoisotopic (exact) mass is 662 g/mol. The fourth-order valence-electron chi connectivity index (χ4n) is 5.82. The van der Waals surface area contributed by atoms with Crippen LogP contribution in [0.1, 0.15) is 79.9 Å². The largest absolute Gasteiger partial charge is 0.457 e. The van der Waals surface area contributed by atoms with E-state index >= 15 is 0 Å². The summed E-state index contributed by atoms with van der Waals surface area (Å²) >= 11 is 0. The number of amides is 1. The van der Waals surface area contributed by atoms with Crippen molar-refractivity contribution in [2.75, 3.05) is 26.2 Å². The van der Waals surface area contributed by atoms with Crippen LogP contribution in [-0.2, 0) is 33.8 Å². The number of carbonyl (C=O) groups excluding carboxylic acids is 2. The van der Waals surface area contributed by atoms with Gasteiger partial charge in [-0.2, -0.15) is 17.4 Å². The minimum Gasteiger partial charge on any atom is -0.457 e. The number of hydrogen-bond acceptors (Lipinski definition) is 9. The van der Waals surface area contributed by atoms with Gasteiger partial charge in [-0.1, -0.05) is 41.9 Å². The van der Waals surface area contributed by atoms with E-state index in [1.807, 2.05) is 58.0 Å². The zero-order chi connectivity index (χ0) is 34.1. The number of nitrogens with zero attached hydrogens (tertiary/aromatic N) is 5. The van der Waals surface area contributed by atoms with Crippen LogP contribution in [0.5, 0.6) is 0 Å². The Hall–Kier alpha value is -2.88. The number of carbonyl (C=O) groups is 2. The van der Waals surface area contributed by atoms with Crippen molar-refractivity contribution in [3.63, 3.8) is 0 Å². The molecule has 3 heterocycles. The third-order valence-electron chi connectivity index (χ3n) is 9.13. The second kappa shape index (κ2) is 13.3. The quantitative estimate of drug-likeness (QED) is 0.118. The van der Waals surface area contributed by atoms with Gasteiger partial charge in [0.25, 0.3) is 10.2 Å². The molecule has 14 nitrogen and oxygen atoms in total. The maximum Gasteiger partial charge on any atom is 0.457 e. The summed E-state index contributed by atoms with van der Waals surface area (Å²) in [5.41, 5.74) is 6.90. The summed E-state index contributed by atoms with van der Waals surface area (Å²) in [7, 11) is -4.62. The minimum atomic E-state index is -4.15. The Balaban J connectivity index is 1.50. The molecule has 3 aliphatic rings. The Morgan fingerprint density at radius 3 is 2.30 bits per heavy atom. The van der Waals surface area contributed by atoms with Crippen LogP contribution in [0.25, 0.3) is 10.4 Å². The Morgan fingerprint density at radius 2 is 1.74 bits per heavy atom. The predicted octanol–water partition coefficient (Wildman–Crippen LogP) is 4.60. The first-order chi connectivity index (χ1) is 21.3. The SMILES string of the molecule is C[C@@H](OC(=O)C1(N=[N+]=[N-])CN(S(=O)(=O)NC2CN(C(=O)OC(C)(C)C)C2)CC1CCCB1OC(C)(C)C(C)(C)O1)c1ccccc1. The molecule has 1 aromatic rings. The van der Waals surface area contributed by atoms with Crippen LogP contribution >= 0.6 is 0 Å². The topological polar surface area (TPSA) is 172 Å². The van der Waals surface area contributed by atoms with Gasteiger partial charge in [-0.3, -0.25) is 4.79 Å². The number of nitrogens with one attached hydrogen (secondary N) is 1. The smallest absolute Gasteiger partial charge is 0.457 e. The summed E-state index contributed by atoms with van der Waals surface area (Å²) in [5, 5.41) is 3.97. The number of ether oxygens (including phenoxy) is 2. The molecule has 1 amide bonds. The number of esters is 1. The number of hydrogen-bond donors (Lipinski definition) is 1. The van der Waals surface area contributed by atoms with E-state index in [4.69, 9.17) is 18.8 Å². The molecule has 0 spiro atoms. The number of rotatable bonds is 11. The molecule has 3 aliphatic heterocycles. The van der Waals surface area contributed by atoms with E-state index in [0.29, 0.717) is 19.2 Å². The summed E-state index contributed by atoms with van der Waals surface area (Å²) in [5.74, 6) is -1.47. The average Bonchev–Trinajstić information content (AvgIpc) is 3.39. The van der Waals surface area contributed by atoms with Crippen molar-refractivity contribution >= 4 is 29.4 Å². The molecule has 3 saturated heterocycles. The summed E-state index contributed by atoms with van der Waals surface area (Å²) in [6.45, 7) is 14.6. The molecule has 2 unspecified atom stereocenters. The molecule has 0 saturated carbocycles. The van der Waals surface area contributed by atoms with Crippen LogP contribution in [0, 0.1) is 5.92 Å². The van der Waals surface area contributed by atoms with Crippen molar-refractivity contribution in [2.24, 2.45) is 11.0 Å². The third kappa shape index (κ3) is 7.97. The molecule has 3 atom stereocenters. The lowest BCUT2D eigenvalue weighted by Gasteiger charge is -2.40. The van der Waals surface area contributed by atoms with Crippen LogP contribution in [-0.4, -0.2) is 91.4 Å². The first kappa shape index (κ1) is 36.0. The highest BCUT2D eigenvalue weighted by Crippen LogP contribution is 2.41. The zero-order valence-electron chi connectivity index (χ0n) is 28.1. The minimum absolute atomic E-state index is 0.0744. The van der Waals surface area contributed by atoms with Crippen molar-refractivity contribution in [1.82, 2.24) is 13.9 Å². The van der Waals surface area contributed by atoms with Crippen molar-refractivity contribution in [1.29, 1.82) is 0 Å². The van der Waals surface area contributed by atoms with Gasteiger partial charge in [0.2, 0.25) is 0 Å². The van der Waals surface area contributed by atoms with Gasteiger partial charge in [-0.05, 0) is 85.1 Å². The van der Waals surface area contributed by atoms with Gasteiger partial charge >= 0.3 is 19.2 Å². The predicted molar refractivity (Wildman–Crippen MR) is 172 cm³/mol. The molecule has 0 radical (unpaired) electrons. The molecule has 1 N–H and O–H groups in total. The highest BCUT2D eigenvalue weighted by atomic mass is 32.2. The van der Waals surface area contributed by atoms with E-state index in [0.717, 1.165) is 9.87 Å². The molecule has 0 bridgehead atoms. The Kier molecular flexibility index (Phi) is 10.4. The molecule has 1 aromatic carbocycles. The van der Waals surface area contributed by atoms with Crippen LogP contribution in [0.3, 0.4) is 0 Å². The Labute approximate surface area is 272 Å². The van der Waals surface area contributed by atoms with Gasteiger partial charge in [0.05, 0.1) is 17.2 Å². The summed E-state index contributed by atoms with van der Waals surface area (Å²) in [4.78, 5) is 30.7. The van der Waals surface area contributed by atoms with Crippen LogP contribution in [0.15, 0.2) is 35.4 Å². The summed E-state index contributed by atoms with van der Waals surface area (Å²) in [6.07, 6.45) is 0.172. The van der Waals surface area contributed by atoms with E-state index < -0.39 is 76.3 Å². The number of azide groups is 1. The van der Waals surface area contributed by atoms with Gasteiger partial charge < -0.3 is 23.7 Å². The third-order valence-corrected chi connectivity index (χ3v) is 10.7. The molecule has 4 rings (SSSR count). The van der Waals surface area contributed by atoms with Gasteiger partial charge in [-0.15, -0.1) is 0 Å². The number of likely N-dealkylation sites (tertiary alicyclic amines) is 1. The first-order valence-corrected chi connectivity index (χ1v) is 17.2. The van der Waals surface area contributed by atoms with Crippen LogP contribution in [0.4, 0.5) is 4.79 Å². The second-order valence-electron chi connectivity index (χ2n) is 14.4. The molecular weight excluding hydrogens is 615 g/mol. The molecule has 254 valence electrons. The molecule has 3 fully saturated rings. The van der Waals surface area contributed by atoms with Gasteiger partial charge in [0, 0.05) is 31.1 Å². The van der Waals surface area contributed by atoms with E-state index in [2.05, 4.69) is 14.7 Å². The normalized spacial score (nSPS) is 25.4. The molecule has 0 aromatic heterocycles. The van der Waals surface area contributed by atoms with E-state index in [1.165, 1.54) is 4.90 Å². The maximum absolute atomic E-state index is 13.9. The van der Waals surface area contributed by atoms with Crippen LogP contribution < -0.4 is 4.72 Å². The average molecular weight is 663 g/mol. The van der Waals surface area contributed by atoms with E-state index in [1.54, 1.807) is 27.7 Å². The lowest BCUT2D eigenvalue weighted by Crippen LogP contribution is -2.63. The van der Waals surface area contributed by atoms with Gasteiger partial charge in [0.15, 0.2) is 5.54 Å². The van der Waals surface area contributed by atoms with Crippen molar-refractivity contribution in [3.05, 3.63) is 46.3 Å². The standard InChI is InChI=1S/C30H47BN6O8S/c1-21(22-13-10-9-11-14-22)42-25(38)30(34-35-32)20-37(17-23(30)15-12-16-31-44-28(5,6)29(7,8)45-31)46(40,41)33-24-18-36(19-24)26(39)43-27(2,3)4/h9-11,13-14,21,23-24,33H,12,15-20H2,1-8H3/t21-,23?,30?/m1/s1. The van der Waals surface area contributed by atoms with Gasteiger partial charge in [0.1, 0.15) is 11.7 Å². The molecular formula is C30H47BN6O8S. The lowest BCUT2D eigenvalue weighted by atomic mass is 9.78. The Bertz CT molecular complexity index is 1410. The zero-order valence-corrected chi connectivity index (χ0v) is 28.9. The van der Waals surface area contributed by atoms with Crippen molar-refractivity contribution in [2.45, 2.75) is 109 Å². The fraction of sp³-hybridized carbons (Fsp3) is 0.733. The van der Waals surface area contributed by atoms with E-state index in [9.17, 15) is 23.5 Å². The molecule has 16 heteroatoms. The molecule has 46 heavy (non-hydrogen) atoms. The Morgan fingerprint density at radius 1 is 1.13 bits per heavy atom. The molecule has 0 aliphatic carbocycles. The fourth-order valence-corrected chi connectivity index (χ4v) is 7.28. The second-order valence-corrected chi connectivity index (χ2v) is 16.1. The van der Waals surface area contributed by atoms with E-state index in [-0.39, 0.29) is 19.6 Å². The highest BCUT2D eigenvalue weighted by molar-refractivity contribution is 7.87. The summed E-state index contributed by atoms with van der Waals surface area (Å²) in [6, 6.07) is 8.57. The van der Waals surface area contributed by atoms with Crippen LogP contribution in [0.2, 0.25) is 6.32 Å². The first-order valence-electron chi connectivity index (χ1n) is 15.7. The number of benzene rings is 1. The van der Waals surface area contributed by atoms with Crippen molar-refractivity contribution in [3.8, 4) is 0 Å². The lowest BCUT2D eigenvalue weighted by molar-refractivity contribution is -0.156. The maximum atomic E-state index is 13.9. The van der Waals surface area contributed by atoms with Crippen molar-refractivity contribution < 1.29 is 36.8 Å². The summed E-state index contributed by atoms with van der Waals surface area (Å²) < 4.78 is 54.4.